The van der Waals surface area contributed by atoms with E-state index in [1.165, 1.54) is 154 Å². The van der Waals surface area contributed by atoms with Crippen LogP contribution in [0.5, 0.6) is 0 Å². The number of carbonyl (C=O) groups excluding carboxylic acids is 1. The van der Waals surface area contributed by atoms with Gasteiger partial charge in [0.05, 0.1) is 12.0 Å². The molecule has 3 saturated carbocycles. The standard InChI is InChI=1S/C35H64O2/c1-3-5-7-9-10-11-12-17-25-34(28-23-32(24-29-34)31-21-15-13-16-22-31)35(26-18-14-19-27-35)33(36)37-30-20-8-6-4-2/h31-32H,3-30H2,1-2H3/t32-,34+. The average Bonchev–Trinajstić information content (AvgIpc) is 2.95. The molecule has 0 radical (unpaired) electrons. The Balaban J connectivity index is 1.66. The van der Waals surface area contributed by atoms with E-state index in [4.69, 9.17) is 4.74 Å². The first kappa shape index (κ1) is 31.0. The Bertz CT molecular complexity index is 590. The highest BCUT2D eigenvalue weighted by Crippen LogP contribution is 2.61. The minimum absolute atomic E-state index is 0.186. The molecule has 0 N–H and O–H groups in total. The number of unbranched alkanes of at least 4 members (excludes halogenated alkanes) is 10. The van der Waals surface area contributed by atoms with Crippen molar-refractivity contribution >= 4 is 5.97 Å². The van der Waals surface area contributed by atoms with E-state index in [0.29, 0.717) is 6.61 Å². The summed E-state index contributed by atoms with van der Waals surface area (Å²) in [6.07, 6.45) is 35.7. The fourth-order valence-corrected chi connectivity index (χ4v) is 8.77. The first-order valence-corrected chi connectivity index (χ1v) is 17.3. The van der Waals surface area contributed by atoms with Crippen LogP contribution in [-0.4, -0.2) is 12.6 Å². The van der Waals surface area contributed by atoms with Crippen LogP contribution >= 0.6 is 0 Å². The summed E-state index contributed by atoms with van der Waals surface area (Å²) in [7, 11) is 0. The van der Waals surface area contributed by atoms with Crippen LogP contribution in [0.4, 0.5) is 0 Å². The quantitative estimate of drug-likeness (QED) is 0.142. The first-order valence-electron chi connectivity index (χ1n) is 17.3. The van der Waals surface area contributed by atoms with Gasteiger partial charge in [-0.15, -0.1) is 0 Å². The van der Waals surface area contributed by atoms with Crippen LogP contribution in [0.1, 0.15) is 187 Å². The lowest BCUT2D eigenvalue weighted by atomic mass is 9.49. The van der Waals surface area contributed by atoms with Crippen molar-refractivity contribution in [1.29, 1.82) is 0 Å². The summed E-state index contributed by atoms with van der Waals surface area (Å²) in [4.78, 5) is 14.1. The summed E-state index contributed by atoms with van der Waals surface area (Å²) >= 11 is 0. The van der Waals surface area contributed by atoms with Crippen molar-refractivity contribution in [2.45, 2.75) is 187 Å². The molecule has 37 heavy (non-hydrogen) atoms. The molecule has 216 valence electrons. The number of hydrogen-bond donors (Lipinski definition) is 0. The Kier molecular flexibility index (Phi) is 14.4. The molecular weight excluding hydrogens is 452 g/mol. The van der Waals surface area contributed by atoms with Gasteiger partial charge < -0.3 is 4.74 Å². The monoisotopic (exact) mass is 516 g/mol. The van der Waals surface area contributed by atoms with Crippen LogP contribution < -0.4 is 0 Å². The normalized spacial score (nSPS) is 26.7. The maximum absolute atomic E-state index is 14.1. The van der Waals surface area contributed by atoms with E-state index in [1.807, 2.05) is 0 Å². The zero-order chi connectivity index (χ0) is 26.2. The largest absolute Gasteiger partial charge is 0.465 e. The average molecular weight is 517 g/mol. The SMILES string of the molecule is CCCCCCCCCC[C@]1(C2(C(=O)OCCCCCC)CCCCC2)CC[C@@H](C2CCCCC2)CC1. The van der Waals surface area contributed by atoms with Gasteiger partial charge in [-0.05, 0) is 68.6 Å². The van der Waals surface area contributed by atoms with E-state index in [0.717, 1.165) is 31.1 Å². The Morgan fingerprint density at radius 2 is 1.11 bits per heavy atom. The van der Waals surface area contributed by atoms with Crippen molar-refractivity contribution < 1.29 is 9.53 Å². The predicted molar refractivity (Wildman–Crippen MR) is 159 cm³/mol. The second-order valence-electron chi connectivity index (χ2n) is 13.6. The van der Waals surface area contributed by atoms with Crippen molar-refractivity contribution in [2.24, 2.45) is 22.7 Å². The maximum Gasteiger partial charge on any atom is 0.312 e. The third-order valence-electron chi connectivity index (χ3n) is 11.2. The van der Waals surface area contributed by atoms with Gasteiger partial charge in [0, 0.05) is 0 Å². The van der Waals surface area contributed by atoms with E-state index in [-0.39, 0.29) is 16.8 Å². The van der Waals surface area contributed by atoms with Gasteiger partial charge in [0.1, 0.15) is 0 Å². The van der Waals surface area contributed by atoms with Crippen molar-refractivity contribution in [2.75, 3.05) is 6.61 Å². The summed E-state index contributed by atoms with van der Waals surface area (Å²) in [6, 6.07) is 0. The Morgan fingerprint density at radius 3 is 1.73 bits per heavy atom. The molecule has 0 aliphatic heterocycles. The van der Waals surface area contributed by atoms with Gasteiger partial charge in [0.15, 0.2) is 0 Å². The first-order chi connectivity index (χ1) is 18.2. The fourth-order valence-electron chi connectivity index (χ4n) is 8.77. The van der Waals surface area contributed by atoms with Gasteiger partial charge in [-0.25, -0.2) is 0 Å². The Labute approximate surface area is 231 Å². The molecule has 0 aromatic rings. The van der Waals surface area contributed by atoms with E-state index in [1.54, 1.807) is 0 Å². The lowest BCUT2D eigenvalue weighted by molar-refractivity contribution is -0.175. The third-order valence-corrected chi connectivity index (χ3v) is 11.2. The second kappa shape index (κ2) is 17.2. The minimum Gasteiger partial charge on any atom is -0.465 e. The van der Waals surface area contributed by atoms with Gasteiger partial charge in [-0.2, -0.15) is 0 Å². The molecule has 0 unspecified atom stereocenters. The molecule has 0 atom stereocenters. The molecule has 0 aromatic carbocycles. The highest BCUT2D eigenvalue weighted by molar-refractivity contribution is 5.78. The molecule has 3 aliphatic carbocycles. The van der Waals surface area contributed by atoms with Crippen molar-refractivity contribution in [3.63, 3.8) is 0 Å². The molecular formula is C35H64O2. The van der Waals surface area contributed by atoms with Crippen molar-refractivity contribution in [3.05, 3.63) is 0 Å². The summed E-state index contributed by atoms with van der Waals surface area (Å²) < 4.78 is 6.20. The fraction of sp³-hybridized carbons (Fsp3) is 0.971. The van der Waals surface area contributed by atoms with Crippen LogP contribution in [0.2, 0.25) is 0 Å². The topological polar surface area (TPSA) is 26.3 Å². The third kappa shape index (κ3) is 8.99. The number of rotatable bonds is 17. The summed E-state index contributed by atoms with van der Waals surface area (Å²) in [6.45, 7) is 5.21. The summed E-state index contributed by atoms with van der Waals surface area (Å²) in [5.41, 5.74) is 0.0238. The Hall–Kier alpha value is -0.530. The van der Waals surface area contributed by atoms with E-state index >= 15 is 0 Å². The second-order valence-corrected chi connectivity index (χ2v) is 13.6. The van der Waals surface area contributed by atoms with Crippen LogP contribution in [-0.2, 0) is 9.53 Å². The highest BCUT2D eigenvalue weighted by Gasteiger charge is 2.57. The molecule has 0 bridgehead atoms. The molecule has 0 amide bonds. The smallest absolute Gasteiger partial charge is 0.312 e. The zero-order valence-corrected chi connectivity index (χ0v) is 25.3. The van der Waals surface area contributed by atoms with Crippen LogP contribution in [0.15, 0.2) is 0 Å². The van der Waals surface area contributed by atoms with Gasteiger partial charge in [-0.3, -0.25) is 4.79 Å². The molecule has 3 aliphatic rings. The Morgan fingerprint density at radius 1 is 0.595 bits per heavy atom. The van der Waals surface area contributed by atoms with Gasteiger partial charge in [-0.1, -0.05) is 136 Å². The minimum atomic E-state index is -0.186. The van der Waals surface area contributed by atoms with Gasteiger partial charge >= 0.3 is 5.97 Å². The van der Waals surface area contributed by atoms with Crippen molar-refractivity contribution in [3.8, 4) is 0 Å². The molecule has 2 heteroatoms. The summed E-state index contributed by atoms with van der Waals surface area (Å²) in [5.74, 6) is 2.12. The molecule has 0 aromatic heterocycles. The van der Waals surface area contributed by atoms with Gasteiger partial charge in [0.2, 0.25) is 0 Å². The number of esters is 1. The molecule has 0 saturated heterocycles. The number of ether oxygens (including phenoxy) is 1. The van der Waals surface area contributed by atoms with Crippen LogP contribution in [0.25, 0.3) is 0 Å². The van der Waals surface area contributed by atoms with Crippen molar-refractivity contribution in [1.82, 2.24) is 0 Å². The molecule has 3 rings (SSSR count). The number of hydrogen-bond acceptors (Lipinski definition) is 2. The van der Waals surface area contributed by atoms with Gasteiger partial charge in [0.25, 0.3) is 0 Å². The van der Waals surface area contributed by atoms with E-state index in [2.05, 4.69) is 13.8 Å². The zero-order valence-electron chi connectivity index (χ0n) is 25.3. The predicted octanol–water partition coefficient (Wildman–Crippen LogP) is 11.3. The maximum atomic E-state index is 14.1. The molecule has 0 heterocycles. The van der Waals surface area contributed by atoms with Crippen LogP contribution in [0, 0.1) is 22.7 Å². The molecule has 3 fully saturated rings. The lowest BCUT2D eigenvalue weighted by Crippen LogP contribution is -2.52. The highest BCUT2D eigenvalue weighted by atomic mass is 16.5. The van der Waals surface area contributed by atoms with Crippen LogP contribution in [0.3, 0.4) is 0 Å². The van der Waals surface area contributed by atoms with E-state index in [9.17, 15) is 4.79 Å². The number of carbonyl (C=O) groups is 1. The molecule has 0 spiro atoms. The van der Waals surface area contributed by atoms with E-state index < -0.39 is 0 Å². The molecule has 2 nitrogen and oxygen atoms in total. The lowest BCUT2D eigenvalue weighted by Gasteiger charge is -2.55. The summed E-state index contributed by atoms with van der Waals surface area (Å²) in [5, 5.41) is 0.